The Labute approximate surface area is 232 Å². The van der Waals surface area contributed by atoms with Crippen LogP contribution in [0.3, 0.4) is 0 Å². The number of para-hydroxylation sites is 2. The number of nitrogens with zero attached hydrogens (tertiary/aromatic N) is 3. The lowest BCUT2D eigenvalue weighted by molar-refractivity contribution is -0.134. The fourth-order valence-electron chi connectivity index (χ4n) is 4.86. The molecule has 3 aromatic carbocycles. The molecule has 0 saturated carbocycles. The topological polar surface area (TPSA) is 67.2 Å². The van der Waals surface area contributed by atoms with Crippen molar-refractivity contribution in [3.05, 3.63) is 102 Å². The summed E-state index contributed by atoms with van der Waals surface area (Å²) < 4.78 is 2.09. The zero-order chi connectivity index (χ0) is 27.5. The highest BCUT2D eigenvalue weighted by Crippen LogP contribution is 2.19. The number of hydrogen-bond acceptors (Lipinski definition) is 3. The second-order valence-corrected chi connectivity index (χ2v) is 10.4. The van der Waals surface area contributed by atoms with Crippen molar-refractivity contribution < 1.29 is 9.59 Å². The molecule has 1 N–H and O–H groups in total. The average molecular weight is 525 g/mol. The van der Waals surface area contributed by atoms with Crippen LogP contribution in [0.1, 0.15) is 56.5 Å². The van der Waals surface area contributed by atoms with Crippen molar-refractivity contribution in [3.63, 3.8) is 0 Å². The molecule has 39 heavy (non-hydrogen) atoms. The monoisotopic (exact) mass is 524 g/mol. The molecule has 1 heterocycles. The van der Waals surface area contributed by atoms with Gasteiger partial charge in [-0.1, -0.05) is 79.2 Å². The summed E-state index contributed by atoms with van der Waals surface area (Å²) in [6, 6.07) is 28.4. The largest absolute Gasteiger partial charge is 0.356 e. The van der Waals surface area contributed by atoms with Crippen LogP contribution >= 0.6 is 0 Å². The lowest BCUT2D eigenvalue weighted by Gasteiger charge is -2.27. The van der Waals surface area contributed by atoms with E-state index in [9.17, 15) is 9.59 Å². The van der Waals surface area contributed by atoms with Crippen LogP contribution in [0.2, 0.25) is 0 Å². The van der Waals surface area contributed by atoms with Crippen molar-refractivity contribution in [2.45, 2.75) is 71.5 Å². The van der Waals surface area contributed by atoms with Gasteiger partial charge in [0.25, 0.3) is 0 Å². The van der Waals surface area contributed by atoms with E-state index in [-0.39, 0.29) is 24.4 Å². The number of amides is 2. The van der Waals surface area contributed by atoms with Gasteiger partial charge in [0.05, 0.1) is 11.0 Å². The van der Waals surface area contributed by atoms with Gasteiger partial charge in [0.2, 0.25) is 11.8 Å². The van der Waals surface area contributed by atoms with E-state index in [1.165, 1.54) is 5.56 Å². The van der Waals surface area contributed by atoms with E-state index in [0.29, 0.717) is 19.5 Å². The van der Waals surface area contributed by atoms with Gasteiger partial charge in [-0.2, -0.15) is 0 Å². The predicted octanol–water partition coefficient (Wildman–Crippen LogP) is 5.94. The molecule has 6 nitrogen and oxygen atoms in total. The third-order valence-electron chi connectivity index (χ3n) is 7.05. The minimum absolute atomic E-state index is 0.0940. The Kier molecular flexibility index (Phi) is 10.3. The second kappa shape index (κ2) is 14.3. The number of carbonyl (C=O) groups excluding carboxylic acids is 2. The van der Waals surface area contributed by atoms with Crippen LogP contribution < -0.4 is 5.32 Å². The molecular formula is C33H40N4O2. The highest BCUT2D eigenvalue weighted by Gasteiger charge is 2.20. The fourth-order valence-corrected chi connectivity index (χ4v) is 4.86. The van der Waals surface area contributed by atoms with Crippen LogP contribution in [0.4, 0.5) is 0 Å². The van der Waals surface area contributed by atoms with E-state index in [4.69, 9.17) is 4.98 Å². The second-order valence-electron chi connectivity index (χ2n) is 10.4. The van der Waals surface area contributed by atoms with Gasteiger partial charge in [0, 0.05) is 32.0 Å². The Hall–Kier alpha value is -3.93. The van der Waals surface area contributed by atoms with Crippen molar-refractivity contribution in [1.82, 2.24) is 19.8 Å². The van der Waals surface area contributed by atoms with Crippen LogP contribution in [0.25, 0.3) is 11.0 Å². The number of carbonyl (C=O) groups is 2. The molecule has 0 radical (unpaired) electrons. The molecule has 0 aliphatic carbocycles. The first-order valence-electron chi connectivity index (χ1n) is 14.1. The van der Waals surface area contributed by atoms with Gasteiger partial charge in [-0.3, -0.25) is 9.59 Å². The van der Waals surface area contributed by atoms with Crippen LogP contribution in [0.5, 0.6) is 0 Å². The standard InChI is InChI=1S/C33H40N4O2/c1-26(2)36(24-28-16-8-4-9-17-28)33(39)25-37-30-19-12-11-18-29(30)35-31(37)20-10-5-13-23-34-32(38)22-21-27-14-6-3-7-15-27/h3-4,6-9,11-12,14-19,26H,5,10,13,20-25H2,1-2H3,(H,34,38). The zero-order valence-corrected chi connectivity index (χ0v) is 23.2. The number of aryl methyl sites for hydroxylation is 2. The maximum absolute atomic E-state index is 13.5. The van der Waals surface area contributed by atoms with Crippen molar-refractivity contribution in [2.24, 2.45) is 0 Å². The Balaban J connectivity index is 1.29. The number of rotatable bonds is 14. The highest BCUT2D eigenvalue weighted by atomic mass is 16.2. The van der Waals surface area contributed by atoms with E-state index < -0.39 is 0 Å². The summed E-state index contributed by atoms with van der Waals surface area (Å²) in [5.41, 5.74) is 4.23. The maximum atomic E-state index is 13.5. The van der Waals surface area contributed by atoms with E-state index >= 15 is 0 Å². The molecule has 0 bridgehead atoms. The SMILES string of the molecule is CC(C)N(Cc1ccccc1)C(=O)Cn1c(CCCCCNC(=O)CCc2ccccc2)nc2ccccc21. The third-order valence-corrected chi connectivity index (χ3v) is 7.05. The molecule has 0 aliphatic heterocycles. The summed E-state index contributed by atoms with van der Waals surface area (Å²) in [6.45, 7) is 5.68. The summed E-state index contributed by atoms with van der Waals surface area (Å²) in [5.74, 6) is 1.14. The number of nitrogens with one attached hydrogen (secondary N) is 1. The van der Waals surface area contributed by atoms with Gasteiger partial charge < -0.3 is 14.8 Å². The summed E-state index contributed by atoms with van der Waals surface area (Å²) in [4.78, 5) is 32.5. The van der Waals surface area contributed by atoms with Gasteiger partial charge in [-0.15, -0.1) is 0 Å². The maximum Gasteiger partial charge on any atom is 0.243 e. The van der Waals surface area contributed by atoms with Gasteiger partial charge in [-0.25, -0.2) is 4.98 Å². The first-order valence-corrected chi connectivity index (χ1v) is 14.1. The average Bonchev–Trinajstić information content (AvgIpc) is 3.30. The predicted molar refractivity (Wildman–Crippen MR) is 157 cm³/mol. The Bertz CT molecular complexity index is 1330. The first kappa shape index (κ1) is 28.1. The van der Waals surface area contributed by atoms with Crippen LogP contribution in [0.15, 0.2) is 84.9 Å². The Morgan fingerprint density at radius 1 is 0.821 bits per heavy atom. The first-order chi connectivity index (χ1) is 19.0. The molecule has 0 atom stereocenters. The van der Waals surface area contributed by atoms with Crippen molar-refractivity contribution >= 4 is 22.8 Å². The Morgan fingerprint density at radius 3 is 2.21 bits per heavy atom. The molecule has 6 heteroatoms. The van der Waals surface area contributed by atoms with Crippen LogP contribution in [0, 0.1) is 0 Å². The quantitative estimate of drug-likeness (QED) is 0.208. The van der Waals surface area contributed by atoms with Crippen molar-refractivity contribution in [1.29, 1.82) is 0 Å². The highest BCUT2D eigenvalue weighted by molar-refractivity contribution is 5.81. The van der Waals surface area contributed by atoms with E-state index in [0.717, 1.165) is 54.5 Å². The normalized spacial score (nSPS) is 11.2. The molecule has 4 rings (SSSR count). The molecule has 204 valence electrons. The molecule has 0 saturated heterocycles. The van der Waals surface area contributed by atoms with Gasteiger partial charge in [-0.05, 0) is 56.4 Å². The lowest BCUT2D eigenvalue weighted by atomic mass is 10.1. The Morgan fingerprint density at radius 2 is 1.49 bits per heavy atom. The lowest BCUT2D eigenvalue weighted by Crippen LogP contribution is -2.38. The van der Waals surface area contributed by atoms with Gasteiger partial charge >= 0.3 is 0 Å². The number of benzene rings is 3. The number of imidazole rings is 1. The number of fused-ring (bicyclic) bond motifs is 1. The molecule has 0 unspecified atom stereocenters. The summed E-state index contributed by atoms with van der Waals surface area (Å²) in [7, 11) is 0. The zero-order valence-electron chi connectivity index (χ0n) is 23.2. The van der Waals surface area contributed by atoms with E-state index in [1.807, 2.05) is 65.6 Å². The van der Waals surface area contributed by atoms with E-state index in [1.54, 1.807) is 0 Å². The van der Waals surface area contributed by atoms with Crippen molar-refractivity contribution in [2.75, 3.05) is 6.54 Å². The molecular weight excluding hydrogens is 484 g/mol. The smallest absolute Gasteiger partial charge is 0.243 e. The molecule has 0 spiro atoms. The van der Waals surface area contributed by atoms with Crippen LogP contribution in [-0.2, 0) is 35.5 Å². The summed E-state index contributed by atoms with van der Waals surface area (Å²) in [5, 5.41) is 3.04. The molecule has 0 aliphatic rings. The summed E-state index contributed by atoms with van der Waals surface area (Å²) in [6.07, 6.45) is 4.94. The minimum atomic E-state index is 0.0940. The molecule has 4 aromatic rings. The summed E-state index contributed by atoms with van der Waals surface area (Å²) >= 11 is 0. The molecule has 1 aromatic heterocycles. The van der Waals surface area contributed by atoms with Gasteiger partial charge in [0.15, 0.2) is 0 Å². The number of hydrogen-bond donors (Lipinski definition) is 1. The molecule has 0 fully saturated rings. The fraction of sp³-hybridized carbons (Fsp3) is 0.364. The van der Waals surface area contributed by atoms with Gasteiger partial charge in [0.1, 0.15) is 12.4 Å². The minimum Gasteiger partial charge on any atom is -0.356 e. The van der Waals surface area contributed by atoms with E-state index in [2.05, 4.69) is 48.0 Å². The third kappa shape index (κ3) is 8.28. The number of unbranched alkanes of at least 4 members (excludes halogenated alkanes) is 2. The molecule has 2 amide bonds. The number of aromatic nitrogens is 2. The van der Waals surface area contributed by atoms with Crippen molar-refractivity contribution in [3.8, 4) is 0 Å². The van der Waals surface area contributed by atoms with Crippen LogP contribution in [-0.4, -0.2) is 38.9 Å².